The molecule has 0 aromatic carbocycles. The van der Waals surface area contributed by atoms with Gasteiger partial charge in [-0.25, -0.2) is 9.97 Å². The second-order valence-corrected chi connectivity index (χ2v) is 5.40. The predicted octanol–water partition coefficient (Wildman–Crippen LogP) is 2.12. The largest absolute Gasteiger partial charge is 0.366 e. The molecule has 0 aliphatic carbocycles. The zero-order valence-corrected chi connectivity index (χ0v) is 13.8. The number of hydrogen-bond donors (Lipinski definition) is 2. The lowest BCUT2D eigenvalue weighted by atomic mass is 10.2. The maximum absolute atomic E-state index is 12.3. The van der Waals surface area contributed by atoms with Crippen LogP contribution in [0.2, 0.25) is 0 Å². The molecule has 7 nitrogen and oxygen atoms in total. The third kappa shape index (κ3) is 4.81. The molecule has 0 radical (unpaired) electrons. The number of aromatic nitrogens is 4. The number of hydrogen-bond acceptors (Lipinski definition) is 6. The average molecular weight is 334 g/mol. The molecule has 3 aromatic rings. The Bertz CT molecular complexity index is 839. The van der Waals surface area contributed by atoms with Gasteiger partial charge in [0, 0.05) is 31.2 Å². The van der Waals surface area contributed by atoms with Crippen LogP contribution in [-0.4, -0.2) is 25.8 Å². The predicted molar refractivity (Wildman–Crippen MR) is 93.7 cm³/mol. The summed E-state index contributed by atoms with van der Waals surface area (Å²) in [6, 6.07) is 11.0. The van der Waals surface area contributed by atoms with Gasteiger partial charge in [-0.3, -0.25) is 14.8 Å². The van der Waals surface area contributed by atoms with Crippen molar-refractivity contribution in [3.05, 3.63) is 77.8 Å². The molecular formula is C18H18N6O. The summed E-state index contributed by atoms with van der Waals surface area (Å²) in [4.78, 5) is 29.0. The molecule has 126 valence electrons. The second kappa shape index (κ2) is 7.96. The summed E-state index contributed by atoms with van der Waals surface area (Å²) in [6.45, 7) is 2.70. The first-order valence-electron chi connectivity index (χ1n) is 7.87. The van der Waals surface area contributed by atoms with Gasteiger partial charge in [-0.15, -0.1) is 0 Å². The highest BCUT2D eigenvalue weighted by molar-refractivity contribution is 5.92. The van der Waals surface area contributed by atoms with E-state index in [9.17, 15) is 4.79 Å². The molecule has 25 heavy (non-hydrogen) atoms. The van der Waals surface area contributed by atoms with Crippen LogP contribution in [0.25, 0.3) is 0 Å². The van der Waals surface area contributed by atoms with Gasteiger partial charge >= 0.3 is 0 Å². The molecule has 0 atom stereocenters. The Morgan fingerprint density at radius 3 is 2.64 bits per heavy atom. The Labute approximate surface area is 145 Å². The highest BCUT2D eigenvalue weighted by Gasteiger charge is 2.10. The highest BCUT2D eigenvalue weighted by Crippen LogP contribution is 2.09. The standard InChI is InChI=1S/C18H18N6O/c1-13-23-16(18(25)22-12-15-4-2-3-7-20-15)10-17(24-13)21-11-14-5-8-19-9-6-14/h2-10H,11-12H2,1H3,(H,22,25)(H,21,23,24). The minimum absolute atomic E-state index is 0.261. The topological polar surface area (TPSA) is 92.7 Å². The fourth-order valence-corrected chi connectivity index (χ4v) is 2.23. The first kappa shape index (κ1) is 16.5. The molecular weight excluding hydrogens is 316 g/mol. The van der Waals surface area contributed by atoms with Crippen molar-refractivity contribution in [1.29, 1.82) is 0 Å². The number of anilines is 1. The number of amides is 1. The van der Waals surface area contributed by atoms with Gasteiger partial charge in [0.05, 0.1) is 12.2 Å². The number of carbonyl (C=O) groups is 1. The van der Waals surface area contributed by atoms with E-state index < -0.39 is 0 Å². The van der Waals surface area contributed by atoms with Gasteiger partial charge in [0.2, 0.25) is 0 Å². The normalized spacial score (nSPS) is 10.3. The maximum atomic E-state index is 12.3. The van der Waals surface area contributed by atoms with Gasteiger partial charge < -0.3 is 10.6 Å². The van der Waals surface area contributed by atoms with Crippen LogP contribution in [0.1, 0.15) is 27.6 Å². The Kier molecular flexibility index (Phi) is 5.26. The highest BCUT2D eigenvalue weighted by atomic mass is 16.1. The minimum Gasteiger partial charge on any atom is -0.366 e. The molecule has 0 saturated carbocycles. The Balaban J connectivity index is 1.65. The van der Waals surface area contributed by atoms with Crippen molar-refractivity contribution in [3.8, 4) is 0 Å². The summed E-state index contributed by atoms with van der Waals surface area (Å²) in [5.41, 5.74) is 2.19. The first-order valence-corrected chi connectivity index (χ1v) is 7.87. The van der Waals surface area contributed by atoms with Gasteiger partial charge in [0.1, 0.15) is 17.3 Å². The monoisotopic (exact) mass is 334 g/mol. The number of carbonyl (C=O) groups excluding carboxylic acids is 1. The number of nitrogens with zero attached hydrogens (tertiary/aromatic N) is 4. The SMILES string of the molecule is Cc1nc(NCc2ccncc2)cc(C(=O)NCc2ccccn2)n1. The lowest BCUT2D eigenvalue weighted by molar-refractivity contribution is 0.0945. The van der Waals surface area contributed by atoms with E-state index in [1.54, 1.807) is 31.6 Å². The van der Waals surface area contributed by atoms with E-state index in [0.29, 0.717) is 30.4 Å². The summed E-state index contributed by atoms with van der Waals surface area (Å²) in [7, 11) is 0. The van der Waals surface area contributed by atoms with Crippen molar-refractivity contribution in [2.75, 3.05) is 5.32 Å². The number of rotatable bonds is 6. The van der Waals surface area contributed by atoms with Crippen LogP contribution in [0, 0.1) is 6.92 Å². The lowest BCUT2D eigenvalue weighted by Gasteiger charge is -2.09. The van der Waals surface area contributed by atoms with E-state index >= 15 is 0 Å². The van der Waals surface area contributed by atoms with Gasteiger partial charge in [-0.2, -0.15) is 0 Å². The summed E-state index contributed by atoms with van der Waals surface area (Å²) < 4.78 is 0. The van der Waals surface area contributed by atoms with Crippen LogP contribution < -0.4 is 10.6 Å². The van der Waals surface area contributed by atoms with Crippen molar-refractivity contribution < 1.29 is 4.79 Å². The molecule has 3 heterocycles. The van der Waals surface area contributed by atoms with Crippen molar-refractivity contribution >= 4 is 11.7 Å². The number of aryl methyl sites for hydroxylation is 1. The minimum atomic E-state index is -0.261. The zero-order valence-electron chi connectivity index (χ0n) is 13.8. The van der Waals surface area contributed by atoms with E-state index in [2.05, 4.69) is 30.6 Å². The smallest absolute Gasteiger partial charge is 0.270 e. The van der Waals surface area contributed by atoms with Crippen molar-refractivity contribution in [2.45, 2.75) is 20.0 Å². The maximum Gasteiger partial charge on any atom is 0.270 e. The van der Waals surface area contributed by atoms with E-state index in [1.807, 2.05) is 30.3 Å². The zero-order chi connectivity index (χ0) is 17.5. The lowest BCUT2D eigenvalue weighted by Crippen LogP contribution is -2.25. The fraction of sp³-hybridized carbons (Fsp3) is 0.167. The molecule has 3 aromatic heterocycles. The molecule has 0 bridgehead atoms. The summed E-state index contributed by atoms with van der Waals surface area (Å²) >= 11 is 0. The van der Waals surface area contributed by atoms with Gasteiger partial charge in [0.15, 0.2) is 0 Å². The van der Waals surface area contributed by atoms with Crippen LogP contribution in [0.3, 0.4) is 0 Å². The molecule has 7 heteroatoms. The molecule has 0 fully saturated rings. The van der Waals surface area contributed by atoms with E-state index in [4.69, 9.17) is 0 Å². The van der Waals surface area contributed by atoms with E-state index in [0.717, 1.165) is 11.3 Å². The van der Waals surface area contributed by atoms with Crippen molar-refractivity contribution in [1.82, 2.24) is 25.3 Å². The molecule has 3 rings (SSSR count). The summed E-state index contributed by atoms with van der Waals surface area (Å²) in [6.07, 6.45) is 5.16. The third-order valence-corrected chi connectivity index (χ3v) is 3.45. The Hall–Kier alpha value is -3.35. The molecule has 0 aliphatic rings. The summed E-state index contributed by atoms with van der Waals surface area (Å²) in [5.74, 6) is 0.873. The fourth-order valence-electron chi connectivity index (χ4n) is 2.23. The van der Waals surface area contributed by atoms with Crippen LogP contribution in [0.15, 0.2) is 55.0 Å². The van der Waals surface area contributed by atoms with Crippen molar-refractivity contribution in [3.63, 3.8) is 0 Å². The van der Waals surface area contributed by atoms with Crippen LogP contribution >= 0.6 is 0 Å². The second-order valence-electron chi connectivity index (χ2n) is 5.40. The molecule has 0 saturated heterocycles. The Morgan fingerprint density at radius 2 is 1.88 bits per heavy atom. The van der Waals surface area contributed by atoms with E-state index in [1.165, 1.54) is 0 Å². The molecule has 0 spiro atoms. The third-order valence-electron chi connectivity index (χ3n) is 3.45. The van der Waals surface area contributed by atoms with E-state index in [-0.39, 0.29) is 5.91 Å². The van der Waals surface area contributed by atoms with Gasteiger partial charge in [-0.1, -0.05) is 6.07 Å². The van der Waals surface area contributed by atoms with Gasteiger partial charge in [0.25, 0.3) is 5.91 Å². The summed E-state index contributed by atoms with van der Waals surface area (Å²) in [5, 5.41) is 6.02. The number of nitrogens with one attached hydrogen (secondary N) is 2. The molecule has 0 unspecified atom stereocenters. The Morgan fingerprint density at radius 1 is 1.04 bits per heavy atom. The number of pyridine rings is 2. The first-order chi connectivity index (χ1) is 12.2. The van der Waals surface area contributed by atoms with Crippen LogP contribution in [-0.2, 0) is 13.1 Å². The van der Waals surface area contributed by atoms with Crippen molar-refractivity contribution in [2.24, 2.45) is 0 Å². The van der Waals surface area contributed by atoms with Crippen LogP contribution in [0.4, 0.5) is 5.82 Å². The molecule has 2 N–H and O–H groups in total. The molecule has 1 amide bonds. The quantitative estimate of drug-likeness (QED) is 0.717. The molecule has 0 aliphatic heterocycles. The van der Waals surface area contributed by atoms with Crippen LogP contribution in [0.5, 0.6) is 0 Å². The van der Waals surface area contributed by atoms with Gasteiger partial charge in [-0.05, 0) is 36.8 Å². The average Bonchev–Trinajstić information content (AvgIpc) is 2.66.